The van der Waals surface area contributed by atoms with Crippen molar-refractivity contribution in [3.8, 4) is 5.88 Å². The summed E-state index contributed by atoms with van der Waals surface area (Å²) in [4.78, 5) is 16.2. The number of hydrogen-bond donors (Lipinski definition) is 2. The van der Waals surface area contributed by atoms with Crippen LogP contribution in [0.1, 0.15) is 32.4 Å². The number of hydrogen-bond acceptors (Lipinski definition) is 5. The van der Waals surface area contributed by atoms with Crippen LogP contribution in [-0.4, -0.2) is 30.3 Å². The number of nitrogens with zero attached hydrogens (tertiary/aromatic N) is 1. The maximum absolute atomic E-state index is 11.7. The SMILES string of the molecule is COc1nc2ccccc2cc1C(N)CNC(=O)OC(C)(C)C. The Balaban J connectivity index is 2.13. The molecular weight excluding hydrogens is 294 g/mol. The van der Waals surface area contributed by atoms with Gasteiger partial charge in [-0.1, -0.05) is 18.2 Å². The summed E-state index contributed by atoms with van der Waals surface area (Å²) in [6, 6.07) is 9.20. The number of nitrogens with two attached hydrogens (primary N) is 1. The van der Waals surface area contributed by atoms with Gasteiger partial charge in [0.1, 0.15) is 5.60 Å². The van der Waals surface area contributed by atoms with E-state index in [9.17, 15) is 4.79 Å². The molecule has 0 aliphatic carbocycles. The number of rotatable bonds is 4. The molecule has 1 heterocycles. The number of nitrogens with one attached hydrogen (secondary N) is 1. The zero-order valence-electron chi connectivity index (χ0n) is 13.9. The van der Waals surface area contributed by atoms with E-state index < -0.39 is 17.7 Å². The second-order valence-corrected chi connectivity index (χ2v) is 6.27. The van der Waals surface area contributed by atoms with Crippen LogP contribution in [0.5, 0.6) is 5.88 Å². The minimum Gasteiger partial charge on any atom is -0.481 e. The van der Waals surface area contributed by atoms with Crippen LogP contribution < -0.4 is 15.8 Å². The topological polar surface area (TPSA) is 86.5 Å². The molecule has 2 aromatic rings. The first-order chi connectivity index (χ1) is 10.8. The van der Waals surface area contributed by atoms with Crippen LogP contribution in [0, 0.1) is 0 Å². The Morgan fingerprint density at radius 1 is 1.35 bits per heavy atom. The number of benzene rings is 1. The third-order valence-electron chi connectivity index (χ3n) is 3.17. The number of carbonyl (C=O) groups excluding carboxylic acids is 1. The number of methoxy groups -OCH3 is 1. The predicted octanol–water partition coefficient (Wildman–Crippen LogP) is 2.77. The summed E-state index contributed by atoms with van der Waals surface area (Å²) in [6.07, 6.45) is -0.499. The first-order valence-electron chi connectivity index (χ1n) is 7.46. The smallest absolute Gasteiger partial charge is 0.407 e. The average Bonchev–Trinajstić information content (AvgIpc) is 2.49. The van der Waals surface area contributed by atoms with E-state index in [0.717, 1.165) is 16.5 Å². The zero-order valence-corrected chi connectivity index (χ0v) is 13.9. The fourth-order valence-electron chi connectivity index (χ4n) is 2.16. The highest BCUT2D eigenvalue weighted by atomic mass is 16.6. The highest BCUT2D eigenvalue weighted by molar-refractivity contribution is 5.80. The van der Waals surface area contributed by atoms with Crippen molar-refractivity contribution in [1.29, 1.82) is 0 Å². The summed E-state index contributed by atoms with van der Waals surface area (Å²) < 4.78 is 10.5. The molecule has 1 atom stereocenters. The van der Waals surface area contributed by atoms with Crippen molar-refractivity contribution >= 4 is 17.0 Å². The lowest BCUT2D eigenvalue weighted by atomic mass is 10.1. The second kappa shape index (κ2) is 6.83. The first kappa shape index (κ1) is 17.0. The number of pyridine rings is 1. The van der Waals surface area contributed by atoms with Gasteiger partial charge in [-0.2, -0.15) is 0 Å². The van der Waals surface area contributed by atoms with E-state index in [1.807, 2.05) is 51.1 Å². The van der Waals surface area contributed by atoms with Crippen LogP contribution in [0.3, 0.4) is 0 Å². The van der Waals surface area contributed by atoms with E-state index >= 15 is 0 Å². The van der Waals surface area contributed by atoms with E-state index in [4.69, 9.17) is 15.2 Å². The summed E-state index contributed by atoms with van der Waals surface area (Å²) in [6.45, 7) is 5.65. The summed E-state index contributed by atoms with van der Waals surface area (Å²) in [5, 5.41) is 3.64. The Kier molecular flexibility index (Phi) is 5.05. The van der Waals surface area contributed by atoms with Gasteiger partial charge >= 0.3 is 6.09 Å². The molecule has 1 aromatic carbocycles. The Bertz CT molecular complexity index is 695. The van der Waals surface area contributed by atoms with Gasteiger partial charge in [0.25, 0.3) is 0 Å². The van der Waals surface area contributed by atoms with Gasteiger partial charge in [0.15, 0.2) is 0 Å². The molecule has 3 N–H and O–H groups in total. The van der Waals surface area contributed by atoms with Gasteiger partial charge in [-0.15, -0.1) is 0 Å². The number of aromatic nitrogens is 1. The van der Waals surface area contributed by atoms with E-state index in [-0.39, 0.29) is 6.54 Å². The monoisotopic (exact) mass is 317 g/mol. The lowest BCUT2D eigenvalue weighted by molar-refractivity contribution is 0.0524. The predicted molar refractivity (Wildman–Crippen MR) is 89.5 cm³/mol. The number of ether oxygens (including phenoxy) is 2. The summed E-state index contributed by atoms with van der Waals surface area (Å²) in [5.41, 5.74) is 7.21. The number of fused-ring (bicyclic) bond motifs is 1. The van der Waals surface area contributed by atoms with Gasteiger partial charge in [0, 0.05) is 17.5 Å². The minimum atomic E-state index is -0.545. The van der Waals surface area contributed by atoms with Gasteiger partial charge in [-0.3, -0.25) is 0 Å². The molecule has 6 nitrogen and oxygen atoms in total. The largest absolute Gasteiger partial charge is 0.481 e. The normalized spacial score (nSPS) is 12.7. The first-order valence-corrected chi connectivity index (χ1v) is 7.46. The molecule has 0 aliphatic heterocycles. The fourth-order valence-corrected chi connectivity index (χ4v) is 2.16. The van der Waals surface area contributed by atoms with Gasteiger partial charge < -0.3 is 20.5 Å². The molecular formula is C17H23N3O3. The van der Waals surface area contributed by atoms with Crippen LogP contribution >= 0.6 is 0 Å². The summed E-state index contributed by atoms with van der Waals surface area (Å²) in [7, 11) is 1.55. The summed E-state index contributed by atoms with van der Waals surface area (Å²) in [5.74, 6) is 0.460. The molecule has 0 saturated heterocycles. The lowest BCUT2D eigenvalue weighted by Gasteiger charge is -2.21. The van der Waals surface area contributed by atoms with Crippen molar-refractivity contribution in [1.82, 2.24) is 10.3 Å². The molecule has 0 radical (unpaired) electrons. The van der Waals surface area contributed by atoms with Crippen molar-refractivity contribution in [3.63, 3.8) is 0 Å². The third-order valence-corrected chi connectivity index (χ3v) is 3.17. The highest BCUT2D eigenvalue weighted by Crippen LogP contribution is 2.26. The van der Waals surface area contributed by atoms with E-state index in [2.05, 4.69) is 10.3 Å². The molecule has 0 bridgehead atoms. The standard InChI is InChI=1S/C17H23N3O3/c1-17(2,3)23-16(21)19-10-13(18)12-9-11-7-5-6-8-14(11)20-15(12)22-4/h5-9,13H,10,18H2,1-4H3,(H,19,21). The van der Waals surface area contributed by atoms with Gasteiger partial charge in [0.2, 0.25) is 5.88 Å². The van der Waals surface area contributed by atoms with Crippen molar-refractivity contribution in [2.75, 3.05) is 13.7 Å². The van der Waals surface area contributed by atoms with Crippen LogP contribution in [-0.2, 0) is 4.74 Å². The molecule has 0 fully saturated rings. The van der Waals surface area contributed by atoms with Gasteiger partial charge in [-0.25, -0.2) is 9.78 Å². The van der Waals surface area contributed by atoms with Crippen LogP contribution in [0.15, 0.2) is 30.3 Å². The molecule has 6 heteroatoms. The van der Waals surface area contributed by atoms with Crippen LogP contribution in [0.25, 0.3) is 10.9 Å². The van der Waals surface area contributed by atoms with E-state index in [1.165, 1.54) is 0 Å². The van der Waals surface area contributed by atoms with E-state index in [1.54, 1.807) is 7.11 Å². The van der Waals surface area contributed by atoms with Crippen molar-refractivity contribution in [3.05, 3.63) is 35.9 Å². The van der Waals surface area contributed by atoms with Crippen molar-refractivity contribution < 1.29 is 14.3 Å². The number of carbonyl (C=O) groups is 1. The fraction of sp³-hybridized carbons (Fsp3) is 0.412. The van der Waals surface area contributed by atoms with Gasteiger partial charge in [-0.05, 0) is 32.9 Å². The molecule has 23 heavy (non-hydrogen) atoms. The Morgan fingerprint density at radius 3 is 2.70 bits per heavy atom. The molecule has 0 aliphatic rings. The third kappa shape index (κ3) is 4.56. The molecule has 0 saturated carbocycles. The number of para-hydroxylation sites is 1. The van der Waals surface area contributed by atoms with Crippen LogP contribution in [0.2, 0.25) is 0 Å². The number of amides is 1. The van der Waals surface area contributed by atoms with Crippen molar-refractivity contribution in [2.45, 2.75) is 32.4 Å². The Morgan fingerprint density at radius 2 is 2.04 bits per heavy atom. The summed E-state index contributed by atoms with van der Waals surface area (Å²) >= 11 is 0. The Hall–Kier alpha value is -2.34. The van der Waals surface area contributed by atoms with Gasteiger partial charge in [0.05, 0.1) is 18.7 Å². The number of alkyl carbamates (subject to hydrolysis) is 1. The lowest BCUT2D eigenvalue weighted by Crippen LogP contribution is -2.36. The second-order valence-electron chi connectivity index (χ2n) is 6.27. The molecule has 124 valence electrons. The Labute approximate surface area is 136 Å². The molecule has 2 rings (SSSR count). The molecule has 1 unspecified atom stereocenters. The maximum Gasteiger partial charge on any atom is 0.407 e. The van der Waals surface area contributed by atoms with E-state index in [0.29, 0.717) is 5.88 Å². The minimum absolute atomic E-state index is 0.227. The molecule has 0 spiro atoms. The van der Waals surface area contributed by atoms with Crippen molar-refractivity contribution in [2.24, 2.45) is 5.73 Å². The quantitative estimate of drug-likeness (QED) is 0.905. The molecule has 1 aromatic heterocycles. The average molecular weight is 317 g/mol. The zero-order chi connectivity index (χ0) is 17.0. The molecule has 1 amide bonds. The maximum atomic E-state index is 11.7. The van der Waals surface area contributed by atoms with Crippen LogP contribution in [0.4, 0.5) is 4.79 Å². The highest BCUT2D eigenvalue weighted by Gasteiger charge is 2.19.